The van der Waals surface area contributed by atoms with Crippen LogP contribution in [0.3, 0.4) is 0 Å². The maximum absolute atomic E-state index is 13.1. The van der Waals surface area contributed by atoms with E-state index in [1.165, 1.54) is 24.0 Å². The van der Waals surface area contributed by atoms with Gasteiger partial charge in [0, 0.05) is 56.1 Å². The topological polar surface area (TPSA) is 45.7 Å². The van der Waals surface area contributed by atoms with Crippen LogP contribution in [0.2, 0.25) is 0 Å². The summed E-state index contributed by atoms with van der Waals surface area (Å²) < 4.78 is 6.00. The number of likely N-dealkylation sites (tertiary alicyclic amines) is 1. The van der Waals surface area contributed by atoms with E-state index in [0.717, 1.165) is 62.6 Å². The number of Topliss-reactive ketones (excluding diaryl/α,β-unsaturated/α-hetero) is 1. The number of fused-ring (bicyclic) bond motifs is 1. The smallest absolute Gasteiger partial charge is 0.162 e. The quantitative estimate of drug-likeness (QED) is 0.281. The molecule has 2 aliphatic rings. The summed E-state index contributed by atoms with van der Waals surface area (Å²) in [5.74, 6) is 1.81. The first kappa shape index (κ1) is 32.1. The summed E-state index contributed by atoms with van der Waals surface area (Å²) in [6, 6.07) is 20.7. The summed E-state index contributed by atoms with van der Waals surface area (Å²) in [6.45, 7) is 6.46. The number of piperidine rings is 1. The molecule has 0 atom stereocenters. The van der Waals surface area contributed by atoms with E-state index in [1.807, 2.05) is 30.6 Å². The van der Waals surface area contributed by atoms with E-state index in [0.29, 0.717) is 18.9 Å². The van der Waals surface area contributed by atoms with Gasteiger partial charge < -0.3 is 4.74 Å². The summed E-state index contributed by atoms with van der Waals surface area (Å²) >= 11 is 0. The number of ether oxygens (including phenoxy) is 1. The monoisotopic (exact) mass is 577 g/mol. The molecule has 0 bridgehead atoms. The number of benzene rings is 2. The minimum atomic E-state index is 0. The van der Waals surface area contributed by atoms with Crippen molar-refractivity contribution < 1.29 is 9.53 Å². The average molecular weight is 579 g/mol. The van der Waals surface area contributed by atoms with Crippen LogP contribution in [-0.2, 0) is 19.6 Å². The molecular formula is C30H38Cl3N3O2. The standard InChI is InChI=1S/C30H35N3O2.3ClH/c34-29(8-6-24-12-16-32(17-13-24)21-26-10-14-31-15-11-26)27-7-9-30-28(20-27)23-33(18-19-35-30)22-25-4-2-1-3-5-25;;;/h1-5,7,9-11,14-15,20,24H,6,8,12-13,16-19,21-23H2;3*1H. The Bertz CT molecular complexity index is 1110. The number of carbonyl (C=O) groups excluding carboxylic acids is 1. The first-order valence-electron chi connectivity index (χ1n) is 12.9. The molecule has 0 amide bonds. The molecule has 0 saturated carbocycles. The van der Waals surface area contributed by atoms with Gasteiger partial charge in [-0.05, 0) is 79.7 Å². The molecule has 0 aliphatic carbocycles. The van der Waals surface area contributed by atoms with Gasteiger partial charge in [0.2, 0.25) is 0 Å². The number of hydrogen-bond acceptors (Lipinski definition) is 5. The minimum Gasteiger partial charge on any atom is -0.492 e. The average Bonchev–Trinajstić information content (AvgIpc) is 3.10. The second kappa shape index (κ2) is 16.1. The highest BCUT2D eigenvalue weighted by molar-refractivity contribution is 5.96. The fourth-order valence-corrected chi connectivity index (χ4v) is 5.26. The molecule has 8 heteroatoms. The van der Waals surface area contributed by atoms with Crippen LogP contribution >= 0.6 is 37.2 Å². The van der Waals surface area contributed by atoms with Crippen molar-refractivity contribution in [1.29, 1.82) is 0 Å². The number of aromatic nitrogens is 1. The van der Waals surface area contributed by atoms with Crippen molar-refractivity contribution in [3.05, 3.63) is 95.3 Å². The fraction of sp³-hybridized carbons (Fsp3) is 0.400. The van der Waals surface area contributed by atoms with Gasteiger partial charge in [-0.15, -0.1) is 37.2 Å². The van der Waals surface area contributed by atoms with Crippen molar-refractivity contribution in [2.24, 2.45) is 5.92 Å². The Kier molecular flexibility index (Phi) is 13.6. The Morgan fingerprint density at radius 1 is 0.842 bits per heavy atom. The molecule has 0 unspecified atom stereocenters. The first-order chi connectivity index (χ1) is 17.2. The third kappa shape index (κ3) is 8.96. The number of nitrogens with zero attached hydrogens (tertiary/aromatic N) is 3. The lowest BCUT2D eigenvalue weighted by Crippen LogP contribution is -2.33. The van der Waals surface area contributed by atoms with Crippen LogP contribution in [0, 0.1) is 5.92 Å². The Balaban J connectivity index is 0.00000169. The Morgan fingerprint density at radius 2 is 1.53 bits per heavy atom. The number of carbonyl (C=O) groups is 1. The highest BCUT2D eigenvalue weighted by atomic mass is 35.5. The van der Waals surface area contributed by atoms with Gasteiger partial charge in [0.25, 0.3) is 0 Å². The zero-order valence-corrected chi connectivity index (χ0v) is 24.1. The molecule has 0 radical (unpaired) electrons. The molecule has 0 N–H and O–H groups in total. The third-order valence-electron chi connectivity index (χ3n) is 7.33. The third-order valence-corrected chi connectivity index (χ3v) is 7.33. The number of hydrogen-bond donors (Lipinski definition) is 0. The van der Waals surface area contributed by atoms with Crippen molar-refractivity contribution in [3.8, 4) is 5.75 Å². The molecule has 5 nitrogen and oxygen atoms in total. The van der Waals surface area contributed by atoms with Gasteiger partial charge in [-0.25, -0.2) is 0 Å². The molecule has 1 fully saturated rings. The van der Waals surface area contributed by atoms with Gasteiger partial charge in [-0.3, -0.25) is 19.6 Å². The number of ketones is 1. The Morgan fingerprint density at radius 3 is 2.26 bits per heavy atom. The number of halogens is 3. The zero-order chi connectivity index (χ0) is 23.9. The molecule has 206 valence electrons. The predicted molar refractivity (Wildman–Crippen MR) is 160 cm³/mol. The molecule has 1 aromatic heterocycles. The summed E-state index contributed by atoms with van der Waals surface area (Å²) in [5.41, 5.74) is 4.57. The van der Waals surface area contributed by atoms with Crippen LogP contribution in [-0.4, -0.2) is 46.8 Å². The van der Waals surface area contributed by atoms with Crippen LogP contribution in [0.25, 0.3) is 0 Å². The molecule has 3 heterocycles. The molecule has 3 aromatic rings. The van der Waals surface area contributed by atoms with Gasteiger partial charge >= 0.3 is 0 Å². The Labute approximate surface area is 245 Å². The highest BCUT2D eigenvalue weighted by Crippen LogP contribution is 2.28. The van der Waals surface area contributed by atoms with Crippen LogP contribution < -0.4 is 4.74 Å². The molecular weight excluding hydrogens is 541 g/mol. The summed E-state index contributed by atoms with van der Waals surface area (Å²) in [5, 5.41) is 0. The van der Waals surface area contributed by atoms with Crippen LogP contribution in [0.4, 0.5) is 0 Å². The van der Waals surface area contributed by atoms with Crippen molar-refractivity contribution in [1.82, 2.24) is 14.8 Å². The van der Waals surface area contributed by atoms with E-state index in [1.54, 1.807) is 0 Å². The van der Waals surface area contributed by atoms with E-state index in [4.69, 9.17) is 4.74 Å². The number of pyridine rings is 1. The summed E-state index contributed by atoms with van der Waals surface area (Å²) in [7, 11) is 0. The van der Waals surface area contributed by atoms with E-state index in [9.17, 15) is 4.79 Å². The second-order valence-corrected chi connectivity index (χ2v) is 9.90. The largest absolute Gasteiger partial charge is 0.492 e. The maximum atomic E-state index is 13.1. The highest BCUT2D eigenvalue weighted by Gasteiger charge is 2.22. The summed E-state index contributed by atoms with van der Waals surface area (Å²) in [6.07, 6.45) is 7.68. The van der Waals surface area contributed by atoms with E-state index >= 15 is 0 Å². The second-order valence-electron chi connectivity index (χ2n) is 9.90. The molecule has 2 aromatic carbocycles. The van der Waals surface area contributed by atoms with Crippen LogP contribution in [0.5, 0.6) is 5.75 Å². The predicted octanol–water partition coefficient (Wildman–Crippen LogP) is 6.62. The van der Waals surface area contributed by atoms with Gasteiger partial charge in [-0.2, -0.15) is 0 Å². The SMILES string of the molecule is Cl.Cl.Cl.O=C(CCC1CCN(Cc2ccncc2)CC1)c1ccc2c(c1)CN(Cc1ccccc1)CCO2. The van der Waals surface area contributed by atoms with Crippen molar-refractivity contribution in [2.45, 2.75) is 45.3 Å². The van der Waals surface area contributed by atoms with Crippen LogP contribution in [0.1, 0.15) is 52.7 Å². The van der Waals surface area contributed by atoms with E-state index in [-0.39, 0.29) is 43.0 Å². The zero-order valence-electron chi connectivity index (χ0n) is 21.7. The lowest BCUT2D eigenvalue weighted by atomic mass is 9.90. The van der Waals surface area contributed by atoms with Crippen molar-refractivity contribution >= 4 is 43.0 Å². The van der Waals surface area contributed by atoms with Gasteiger partial charge in [0.1, 0.15) is 12.4 Å². The first-order valence-corrected chi connectivity index (χ1v) is 12.9. The van der Waals surface area contributed by atoms with Gasteiger partial charge in [-0.1, -0.05) is 30.3 Å². The van der Waals surface area contributed by atoms with Gasteiger partial charge in [0.05, 0.1) is 0 Å². The lowest BCUT2D eigenvalue weighted by Gasteiger charge is -2.31. The van der Waals surface area contributed by atoms with E-state index < -0.39 is 0 Å². The maximum Gasteiger partial charge on any atom is 0.162 e. The molecule has 5 rings (SSSR count). The molecule has 1 saturated heterocycles. The molecule has 38 heavy (non-hydrogen) atoms. The lowest BCUT2D eigenvalue weighted by molar-refractivity contribution is 0.0961. The summed E-state index contributed by atoms with van der Waals surface area (Å²) in [4.78, 5) is 22.1. The Hall–Kier alpha value is -2.15. The number of rotatable bonds is 8. The van der Waals surface area contributed by atoms with Crippen molar-refractivity contribution in [3.63, 3.8) is 0 Å². The van der Waals surface area contributed by atoms with E-state index in [2.05, 4.69) is 57.2 Å². The normalized spacial score (nSPS) is 16.0. The molecule has 2 aliphatic heterocycles. The minimum absolute atomic E-state index is 0. The fourth-order valence-electron chi connectivity index (χ4n) is 5.26. The van der Waals surface area contributed by atoms with Crippen molar-refractivity contribution in [2.75, 3.05) is 26.2 Å². The van der Waals surface area contributed by atoms with Gasteiger partial charge in [0.15, 0.2) is 5.78 Å². The molecule has 0 spiro atoms. The van der Waals surface area contributed by atoms with Crippen LogP contribution in [0.15, 0.2) is 73.1 Å².